The van der Waals surface area contributed by atoms with Crippen molar-refractivity contribution in [3.05, 3.63) is 24.3 Å². The number of hydrogen-bond donors (Lipinski definition) is 0. The van der Waals surface area contributed by atoms with Crippen molar-refractivity contribution in [2.24, 2.45) is 0 Å². The van der Waals surface area contributed by atoms with Crippen molar-refractivity contribution in [2.45, 2.75) is 219 Å². The molecule has 1 fully saturated rings. The fraction of sp³-hybridized carbons (Fsp3) is 0.872. The lowest BCUT2D eigenvalue weighted by molar-refractivity contribution is -0.914. The Bertz CT molecular complexity index is 1060. The minimum Gasteiger partial charge on any atom is -0.756 e. The van der Waals surface area contributed by atoms with Crippen LogP contribution in [0.3, 0.4) is 0 Å². The van der Waals surface area contributed by atoms with Crippen molar-refractivity contribution >= 4 is 19.8 Å². The highest BCUT2D eigenvalue weighted by molar-refractivity contribution is 7.45. The summed E-state index contributed by atoms with van der Waals surface area (Å²) in [5.41, 5.74) is 0. The number of ether oxygens (including phenoxy) is 2. The van der Waals surface area contributed by atoms with Crippen LogP contribution in [-0.2, 0) is 32.7 Å². The topological polar surface area (TPSA) is 111 Å². The normalized spacial score (nSPS) is 15.9. The van der Waals surface area contributed by atoms with E-state index in [1.807, 2.05) is 0 Å². The molecule has 1 heterocycles. The molecule has 0 radical (unpaired) electrons. The van der Waals surface area contributed by atoms with E-state index in [1.165, 1.54) is 96.3 Å². The van der Waals surface area contributed by atoms with Gasteiger partial charge in [0.2, 0.25) is 0 Å². The highest BCUT2D eigenvalue weighted by Gasteiger charge is 2.26. The second-order valence-electron chi connectivity index (χ2n) is 16.9. The number of allylic oxidation sites excluding steroid dienone is 4. The second-order valence-corrected chi connectivity index (χ2v) is 18.3. The number of likely N-dealkylation sites (N-methyl/N-ethyl adjacent to an activating group) is 1. The van der Waals surface area contributed by atoms with Gasteiger partial charge in [0.25, 0.3) is 7.82 Å². The van der Waals surface area contributed by atoms with Crippen LogP contribution in [0.1, 0.15) is 213 Å². The summed E-state index contributed by atoms with van der Waals surface area (Å²) < 4.78 is 34.8. The number of unbranched alkanes of at least 4 members (excludes halogenated alkanes) is 22. The minimum atomic E-state index is -4.64. The second kappa shape index (κ2) is 37.5. The van der Waals surface area contributed by atoms with Gasteiger partial charge in [0, 0.05) is 12.8 Å². The largest absolute Gasteiger partial charge is 0.756 e. The van der Waals surface area contributed by atoms with Gasteiger partial charge in [-0.15, -0.1) is 0 Å². The zero-order valence-electron chi connectivity index (χ0n) is 37.2. The average Bonchev–Trinajstić information content (AvgIpc) is 3.19. The van der Waals surface area contributed by atoms with E-state index in [-0.39, 0.29) is 32.0 Å². The summed E-state index contributed by atoms with van der Waals surface area (Å²) in [5.74, 6) is -0.829. The lowest BCUT2D eigenvalue weighted by atomic mass is 10.1. The molecule has 1 aliphatic heterocycles. The maximum absolute atomic E-state index is 12.8. The molecule has 0 aromatic rings. The Balaban J connectivity index is 2.35. The van der Waals surface area contributed by atoms with Gasteiger partial charge in [0.15, 0.2) is 6.10 Å². The maximum atomic E-state index is 12.8. The maximum Gasteiger partial charge on any atom is 0.306 e. The van der Waals surface area contributed by atoms with Crippen molar-refractivity contribution in [3.8, 4) is 0 Å². The molecule has 0 aliphatic carbocycles. The number of nitrogens with zero attached hydrogens (tertiary/aromatic N) is 1. The first-order valence-electron chi connectivity index (χ1n) is 23.8. The van der Waals surface area contributed by atoms with Crippen molar-refractivity contribution in [1.29, 1.82) is 0 Å². The molecule has 1 rings (SSSR count). The van der Waals surface area contributed by atoms with Crippen molar-refractivity contribution in [3.63, 3.8) is 0 Å². The lowest BCUT2D eigenvalue weighted by Crippen LogP contribution is -2.49. The molecule has 9 nitrogen and oxygen atoms in total. The van der Waals surface area contributed by atoms with Gasteiger partial charge in [-0.05, 0) is 83.5 Å². The van der Waals surface area contributed by atoms with Gasteiger partial charge < -0.3 is 27.9 Å². The number of phosphoric acid groups is 1. The average molecular weight is 826 g/mol. The number of rotatable bonds is 40. The smallest absolute Gasteiger partial charge is 0.306 e. The third-order valence-electron chi connectivity index (χ3n) is 11.2. The highest BCUT2D eigenvalue weighted by atomic mass is 31.2. The first-order valence-corrected chi connectivity index (χ1v) is 25.2. The Morgan fingerprint density at radius 2 is 1.00 bits per heavy atom. The van der Waals surface area contributed by atoms with Crippen LogP contribution >= 0.6 is 7.82 Å². The number of piperidine rings is 1. The molecule has 0 spiro atoms. The molecular formula is C47H88NO8P. The van der Waals surface area contributed by atoms with Gasteiger partial charge in [-0.1, -0.05) is 141 Å². The molecule has 0 saturated carbocycles. The molecule has 1 unspecified atom stereocenters. The van der Waals surface area contributed by atoms with E-state index < -0.39 is 26.5 Å². The lowest BCUT2D eigenvalue weighted by Gasteiger charge is -2.38. The summed E-state index contributed by atoms with van der Waals surface area (Å²) in [4.78, 5) is 37.9. The van der Waals surface area contributed by atoms with E-state index in [1.54, 1.807) is 0 Å². The Morgan fingerprint density at radius 1 is 0.579 bits per heavy atom. The molecule has 0 aromatic carbocycles. The van der Waals surface area contributed by atoms with Crippen LogP contribution in [0.25, 0.3) is 0 Å². The van der Waals surface area contributed by atoms with Crippen LogP contribution in [-0.4, -0.2) is 69.0 Å². The summed E-state index contributed by atoms with van der Waals surface area (Å²) in [7, 11) is -2.51. The third kappa shape index (κ3) is 35.0. The van der Waals surface area contributed by atoms with E-state index in [2.05, 4.69) is 45.2 Å². The standard InChI is InChI=1S/C47H88NO8P/c1-4-6-8-10-12-14-16-18-20-22-24-26-28-30-33-37-46(49)53-43-45(44-55-57(51,52)54-42-41-48(3)39-35-32-36-40-48)56-47(50)38-34-31-29-27-25-23-21-19-17-15-13-11-9-7-5-2/h18-21,45H,4-17,22-44H2,1-3H3/b20-18-,21-19-/t45-/m1/s1. The van der Waals surface area contributed by atoms with E-state index in [4.69, 9.17) is 18.5 Å². The van der Waals surface area contributed by atoms with Crippen LogP contribution < -0.4 is 4.89 Å². The predicted octanol–water partition coefficient (Wildman–Crippen LogP) is 12.6. The van der Waals surface area contributed by atoms with E-state index in [9.17, 15) is 19.0 Å². The highest BCUT2D eigenvalue weighted by Crippen LogP contribution is 2.38. The minimum absolute atomic E-state index is 0.0299. The zero-order chi connectivity index (χ0) is 41.6. The number of carbonyl (C=O) groups is 2. The molecular weight excluding hydrogens is 737 g/mol. The number of carbonyl (C=O) groups excluding carboxylic acids is 2. The summed E-state index contributed by atoms with van der Waals surface area (Å²) in [5, 5.41) is 0. The Kier molecular flexibility index (Phi) is 35.2. The number of quaternary nitrogens is 1. The summed E-state index contributed by atoms with van der Waals surface area (Å²) in [6, 6.07) is 0. The number of esters is 2. The van der Waals surface area contributed by atoms with Crippen LogP contribution in [0.2, 0.25) is 0 Å². The van der Waals surface area contributed by atoms with Gasteiger partial charge in [-0.3, -0.25) is 14.2 Å². The molecule has 2 atom stereocenters. The molecule has 0 bridgehead atoms. The van der Waals surface area contributed by atoms with Gasteiger partial charge in [-0.25, -0.2) is 0 Å². The Hall–Kier alpha value is -1.51. The number of hydrogen-bond acceptors (Lipinski definition) is 8. The summed E-state index contributed by atoms with van der Waals surface area (Å²) in [6.45, 7) is 6.42. The van der Waals surface area contributed by atoms with Gasteiger partial charge in [0.1, 0.15) is 19.8 Å². The van der Waals surface area contributed by atoms with Gasteiger partial charge in [-0.2, -0.15) is 0 Å². The van der Waals surface area contributed by atoms with E-state index in [0.29, 0.717) is 13.0 Å². The molecule has 1 saturated heterocycles. The summed E-state index contributed by atoms with van der Waals surface area (Å²) >= 11 is 0. The van der Waals surface area contributed by atoms with Crippen LogP contribution in [0, 0.1) is 0 Å². The molecule has 10 heteroatoms. The quantitative estimate of drug-likeness (QED) is 0.0197. The van der Waals surface area contributed by atoms with Crippen LogP contribution in [0.4, 0.5) is 0 Å². The molecule has 0 N–H and O–H groups in total. The van der Waals surface area contributed by atoms with E-state index >= 15 is 0 Å². The first-order chi connectivity index (χ1) is 27.7. The molecule has 57 heavy (non-hydrogen) atoms. The molecule has 1 aliphatic rings. The van der Waals surface area contributed by atoms with E-state index in [0.717, 1.165) is 101 Å². The zero-order valence-corrected chi connectivity index (χ0v) is 38.1. The SMILES string of the molecule is CCCCCCCC/C=C\CCCCCCCC(=O)OC[C@H](COP(=O)([O-])OCC[N+]1(C)CCCCC1)OC(=O)CCCCCCC/C=C\CCCCCCCC. The van der Waals surface area contributed by atoms with Gasteiger partial charge in [0.05, 0.1) is 26.7 Å². The Morgan fingerprint density at radius 3 is 1.47 bits per heavy atom. The summed E-state index contributed by atoms with van der Waals surface area (Å²) in [6.07, 6.45) is 42.7. The van der Waals surface area contributed by atoms with Gasteiger partial charge >= 0.3 is 11.9 Å². The fourth-order valence-electron chi connectivity index (χ4n) is 7.38. The first kappa shape index (κ1) is 53.5. The van der Waals surface area contributed by atoms with Crippen LogP contribution in [0.5, 0.6) is 0 Å². The van der Waals surface area contributed by atoms with Crippen LogP contribution in [0.15, 0.2) is 24.3 Å². The van der Waals surface area contributed by atoms with Crippen molar-refractivity contribution in [2.75, 3.05) is 46.5 Å². The molecule has 334 valence electrons. The monoisotopic (exact) mass is 826 g/mol. The molecule has 0 aromatic heterocycles. The Labute approximate surface area is 350 Å². The third-order valence-corrected chi connectivity index (χ3v) is 12.2. The number of likely N-dealkylation sites (tertiary alicyclic amines) is 1. The molecule has 0 amide bonds. The fourth-order valence-corrected chi connectivity index (χ4v) is 8.11. The predicted molar refractivity (Wildman–Crippen MR) is 234 cm³/mol. The van der Waals surface area contributed by atoms with Crippen molar-refractivity contribution < 1.29 is 42.1 Å². The number of phosphoric ester groups is 1. The van der Waals surface area contributed by atoms with Crippen molar-refractivity contribution in [1.82, 2.24) is 0 Å².